The van der Waals surface area contributed by atoms with Crippen molar-refractivity contribution in [3.63, 3.8) is 0 Å². The minimum absolute atomic E-state index is 0.526. The van der Waals surface area contributed by atoms with Gasteiger partial charge in [-0.15, -0.1) is 0 Å². The van der Waals surface area contributed by atoms with Gasteiger partial charge in [0, 0.05) is 18.0 Å². The molecule has 0 aliphatic heterocycles. The van der Waals surface area contributed by atoms with E-state index in [-0.39, 0.29) is 0 Å². The number of hydrogen-bond acceptors (Lipinski definition) is 2. The molecule has 0 saturated carbocycles. The predicted octanol–water partition coefficient (Wildman–Crippen LogP) is 3.90. The van der Waals surface area contributed by atoms with E-state index in [9.17, 15) is 0 Å². The zero-order valence-electron chi connectivity index (χ0n) is 12.6. The Kier molecular flexibility index (Phi) is 4.56. The third-order valence-corrected chi connectivity index (χ3v) is 4.27. The Morgan fingerprint density at radius 1 is 1.10 bits per heavy atom. The summed E-state index contributed by atoms with van der Waals surface area (Å²) in [5, 5.41) is 3.20. The van der Waals surface area contributed by atoms with Crippen LogP contribution in [0.1, 0.15) is 35.4 Å². The van der Waals surface area contributed by atoms with E-state index in [2.05, 4.69) is 47.8 Å². The minimum Gasteiger partial charge on any atom is -0.493 e. The van der Waals surface area contributed by atoms with Gasteiger partial charge in [0.25, 0.3) is 0 Å². The van der Waals surface area contributed by atoms with E-state index in [0.717, 1.165) is 18.9 Å². The monoisotopic (exact) mass is 281 g/mol. The zero-order chi connectivity index (χ0) is 14.5. The summed E-state index contributed by atoms with van der Waals surface area (Å²) in [6.45, 7) is 1.62. The maximum absolute atomic E-state index is 6.15. The predicted molar refractivity (Wildman–Crippen MR) is 86.8 cm³/mol. The first-order chi connectivity index (χ1) is 10.4. The second kappa shape index (κ2) is 6.77. The first-order valence-electron chi connectivity index (χ1n) is 7.81. The van der Waals surface area contributed by atoms with E-state index < -0.39 is 0 Å². The fourth-order valence-electron chi connectivity index (χ4n) is 3.20. The van der Waals surface area contributed by atoms with Crippen molar-refractivity contribution >= 4 is 0 Å². The van der Waals surface area contributed by atoms with Crippen LogP contribution in [0.3, 0.4) is 0 Å². The molecule has 0 aromatic heterocycles. The Hall–Kier alpha value is -1.80. The van der Waals surface area contributed by atoms with Crippen LogP contribution in [0.2, 0.25) is 0 Å². The van der Waals surface area contributed by atoms with Crippen LogP contribution in [0.25, 0.3) is 0 Å². The van der Waals surface area contributed by atoms with Crippen molar-refractivity contribution in [2.24, 2.45) is 0 Å². The summed E-state index contributed by atoms with van der Waals surface area (Å²) in [5.41, 5.74) is 4.21. The molecule has 0 bridgehead atoms. The molecule has 2 nitrogen and oxygen atoms in total. The van der Waals surface area contributed by atoms with E-state index in [1.807, 2.05) is 13.1 Å². The number of nitrogens with one attached hydrogen (secondary N) is 1. The highest BCUT2D eigenvalue weighted by Crippen LogP contribution is 2.32. The van der Waals surface area contributed by atoms with Crippen LogP contribution in [0, 0.1) is 0 Å². The fraction of sp³-hybridized carbons (Fsp3) is 0.368. The SMILES string of the molecule is CNCc1ccccc1OCC1CCCc2ccccc21. The van der Waals surface area contributed by atoms with Crippen molar-refractivity contribution in [3.8, 4) is 5.75 Å². The molecule has 0 spiro atoms. The van der Waals surface area contributed by atoms with Crippen LogP contribution < -0.4 is 10.1 Å². The molecule has 21 heavy (non-hydrogen) atoms. The molecule has 2 aromatic rings. The fourth-order valence-corrected chi connectivity index (χ4v) is 3.20. The van der Waals surface area contributed by atoms with Gasteiger partial charge in [0.15, 0.2) is 0 Å². The van der Waals surface area contributed by atoms with Crippen molar-refractivity contribution in [2.45, 2.75) is 31.7 Å². The first kappa shape index (κ1) is 14.2. The maximum Gasteiger partial charge on any atom is 0.123 e. The molecule has 1 N–H and O–H groups in total. The topological polar surface area (TPSA) is 21.3 Å². The summed E-state index contributed by atoms with van der Waals surface area (Å²) in [5.74, 6) is 1.53. The average molecular weight is 281 g/mol. The zero-order valence-corrected chi connectivity index (χ0v) is 12.6. The van der Waals surface area contributed by atoms with Crippen molar-refractivity contribution in [1.82, 2.24) is 5.32 Å². The molecule has 0 heterocycles. The summed E-state index contributed by atoms with van der Waals surface area (Å²) >= 11 is 0. The number of ether oxygens (including phenoxy) is 1. The van der Waals surface area contributed by atoms with Gasteiger partial charge < -0.3 is 10.1 Å². The number of hydrogen-bond donors (Lipinski definition) is 1. The molecule has 2 aromatic carbocycles. The molecule has 1 unspecified atom stereocenters. The van der Waals surface area contributed by atoms with Gasteiger partial charge in [-0.1, -0.05) is 42.5 Å². The summed E-state index contributed by atoms with van der Waals surface area (Å²) in [4.78, 5) is 0. The van der Waals surface area contributed by atoms with Crippen molar-refractivity contribution < 1.29 is 4.74 Å². The van der Waals surface area contributed by atoms with E-state index in [1.165, 1.54) is 36.0 Å². The van der Waals surface area contributed by atoms with Crippen LogP contribution in [0.15, 0.2) is 48.5 Å². The maximum atomic E-state index is 6.15. The number of fused-ring (bicyclic) bond motifs is 1. The van der Waals surface area contributed by atoms with Gasteiger partial charge in [-0.2, -0.15) is 0 Å². The lowest BCUT2D eigenvalue weighted by molar-refractivity contribution is 0.272. The quantitative estimate of drug-likeness (QED) is 0.897. The first-order valence-corrected chi connectivity index (χ1v) is 7.81. The third kappa shape index (κ3) is 3.27. The number of aryl methyl sites for hydroxylation is 1. The second-order valence-electron chi connectivity index (χ2n) is 5.74. The Bertz CT molecular complexity index is 594. The van der Waals surface area contributed by atoms with Crippen molar-refractivity contribution in [1.29, 1.82) is 0 Å². The summed E-state index contributed by atoms with van der Waals surface area (Å²) < 4.78 is 6.15. The van der Waals surface area contributed by atoms with Gasteiger partial charge in [-0.05, 0) is 43.5 Å². The van der Waals surface area contributed by atoms with Gasteiger partial charge in [0.1, 0.15) is 5.75 Å². The Balaban J connectivity index is 1.72. The van der Waals surface area contributed by atoms with Gasteiger partial charge in [-0.3, -0.25) is 0 Å². The Labute approximate surface area is 127 Å². The Morgan fingerprint density at radius 2 is 1.90 bits per heavy atom. The molecular weight excluding hydrogens is 258 g/mol. The van der Waals surface area contributed by atoms with Gasteiger partial charge >= 0.3 is 0 Å². The normalized spacial score (nSPS) is 17.3. The van der Waals surface area contributed by atoms with Crippen LogP contribution >= 0.6 is 0 Å². The standard InChI is InChI=1S/C19H23NO/c1-20-13-16-8-3-5-12-19(16)21-14-17-10-6-9-15-7-2-4-11-18(15)17/h2-5,7-8,11-12,17,20H,6,9-10,13-14H2,1H3. The molecule has 1 aliphatic rings. The summed E-state index contributed by atoms with van der Waals surface area (Å²) in [6.07, 6.45) is 3.71. The summed E-state index contributed by atoms with van der Waals surface area (Å²) in [6, 6.07) is 17.1. The molecule has 3 rings (SSSR count). The lowest BCUT2D eigenvalue weighted by Gasteiger charge is -2.26. The molecule has 0 radical (unpaired) electrons. The van der Waals surface area contributed by atoms with Crippen molar-refractivity contribution in [2.75, 3.05) is 13.7 Å². The van der Waals surface area contributed by atoms with E-state index in [4.69, 9.17) is 4.74 Å². The van der Waals surface area contributed by atoms with Gasteiger partial charge in [0.2, 0.25) is 0 Å². The van der Waals surface area contributed by atoms with Gasteiger partial charge in [0.05, 0.1) is 6.61 Å². The molecule has 0 saturated heterocycles. The number of benzene rings is 2. The van der Waals surface area contributed by atoms with Crippen LogP contribution in [0.5, 0.6) is 5.75 Å². The molecule has 2 heteroatoms. The Morgan fingerprint density at radius 3 is 2.81 bits per heavy atom. The van der Waals surface area contributed by atoms with Crippen LogP contribution in [-0.4, -0.2) is 13.7 Å². The summed E-state index contributed by atoms with van der Waals surface area (Å²) in [7, 11) is 1.97. The molecular formula is C19H23NO. The highest BCUT2D eigenvalue weighted by molar-refractivity contribution is 5.35. The largest absolute Gasteiger partial charge is 0.493 e. The lowest BCUT2D eigenvalue weighted by atomic mass is 9.83. The van der Waals surface area contributed by atoms with Gasteiger partial charge in [-0.25, -0.2) is 0 Å². The molecule has 1 atom stereocenters. The van der Waals surface area contributed by atoms with E-state index >= 15 is 0 Å². The number of rotatable bonds is 5. The van der Waals surface area contributed by atoms with Crippen molar-refractivity contribution in [3.05, 3.63) is 65.2 Å². The molecule has 110 valence electrons. The molecule has 1 aliphatic carbocycles. The highest BCUT2D eigenvalue weighted by Gasteiger charge is 2.20. The lowest BCUT2D eigenvalue weighted by Crippen LogP contribution is -2.17. The molecule has 0 amide bonds. The van der Waals surface area contributed by atoms with E-state index in [0.29, 0.717) is 5.92 Å². The number of para-hydroxylation sites is 1. The minimum atomic E-state index is 0.526. The molecule has 0 fully saturated rings. The van der Waals surface area contributed by atoms with E-state index in [1.54, 1.807) is 0 Å². The van der Waals surface area contributed by atoms with Crippen LogP contribution in [0.4, 0.5) is 0 Å². The second-order valence-corrected chi connectivity index (χ2v) is 5.74. The van der Waals surface area contributed by atoms with Crippen LogP contribution in [-0.2, 0) is 13.0 Å². The third-order valence-electron chi connectivity index (χ3n) is 4.27. The smallest absolute Gasteiger partial charge is 0.123 e. The average Bonchev–Trinajstić information content (AvgIpc) is 2.54. The highest BCUT2D eigenvalue weighted by atomic mass is 16.5.